The molecule has 0 unspecified atom stereocenters. The summed E-state index contributed by atoms with van der Waals surface area (Å²) in [6, 6.07) is 10.5. The van der Waals surface area contributed by atoms with E-state index in [4.69, 9.17) is 10.7 Å². The van der Waals surface area contributed by atoms with Crippen LogP contribution in [0.2, 0.25) is 0 Å². The third-order valence-corrected chi connectivity index (χ3v) is 4.75. The average Bonchev–Trinajstić information content (AvgIpc) is 3.22. The van der Waals surface area contributed by atoms with E-state index < -0.39 is 0 Å². The van der Waals surface area contributed by atoms with Gasteiger partial charge in [0.2, 0.25) is 5.91 Å². The van der Waals surface area contributed by atoms with E-state index in [0.29, 0.717) is 19.1 Å². The second-order valence-electron chi connectivity index (χ2n) is 6.98. The SMILES string of the molecule is CCNC(=NCc1cccc(-n2cccn2)c1)NC1CCN(CC(N)=O)CC1.I. The maximum absolute atomic E-state index is 11.1. The Labute approximate surface area is 189 Å². The molecular formula is C20H30IN7O. The van der Waals surface area contributed by atoms with Crippen LogP contribution in [0, 0.1) is 0 Å². The van der Waals surface area contributed by atoms with Crippen LogP contribution in [0.15, 0.2) is 47.7 Å². The highest BCUT2D eigenvalue weighted by molar-refractivity contribution is 14.0. The van der Waals surface area contributed by atoms with Gasteiger partial charge >= 0.3 is 0 Å². The van der Waals surface area contributed by atoms with Crippen LogP contribution in [0.1, 0.15) is 25.3 Å². The fourth-order valence-corrected chi connectivity index (χ4v) is 3.36. The van der Waals surface area contributed by atoms with Gasteiger partial charge in [0.1, 0.15) is 0 Å². The molecule has 2 heterocycles. The van der Waals surface area contributed by atoms with E-state index in [9.17, 15) is 4.79 Å². The number of aliphatic imine (C=N–C) groups is 1. The molecule has 0 bridgehead atoms. The minimum Gasteiger partial charge on any atom is -0.369 e. The molecule has 0 aliphatic carbocycles. The Morgan fingerprint density at radius 2 is 2.10 bits per heavy atom. The number of piperidine rings is 1. The number of aromatic nitrogens is 2. The minimum absolute atomic E-state index is 0. The zero-order valence-corrected chi connectivity index (χ0v) is 19.1. The van der Waals surface area contributed by atoms with Crippen molar-refractivity contribution in [3.8, 4) is 5.69 Å². The molecule has 3 rings (SSSR count). The molecular weight excluding hydrogens is 481 g/mol. The fourth-order valence-electron chi connectivity index (χ4n) is 3.36. The summed E-state index contributed by atoms with van der Waals surface area (Å²) >= 11 is 0. The lowest BCUT2D eigenvalue weighted by Gasteiger charge is -2.32. The first-order valence-corrected chi connectivity index (χ1v) is 9.78. The van der Waals surface area contributed by atoms with Gasteiger partial charge in [0, 0.05) is 38.1 Å². The zero-order chi connectivity index (χ0) is 19.8. The summed E-state index contributed by atoms with van der Waals surface area (Å²) in [4.78, 5) is 17.9. The van der Waals surface area contributed by atoms with E-state index in [1.54, 1.807) is 6.20 Å². The molecule has 1 aliphatic heterocycles. The lowest BCUT2D eigenvalue weighted by Crippen LogP contribution is -2.49. The number of likely N-dealkylation sites (tertiary alicyclic amines) is 1. The highest BCUT2D eigenvalue weighted by Gasteiger charge is 2.20. The molecule has 0 spiro atoms. The molecule has 29 heavy (non-hydrogen) atoms. The molecule has 1 saturated heterocycles. The Hall–Kier alpha value is -2.14. The molecule has 0 radical (unpaired) electrons. The average molecular weight is 511 g/mol. The lowest BCUT2D eigenvalue weighted by molar-refractivity contribution is -0.119. The predicted octanol–water partition coefficient (Wildman–Crippen LogP) is 1.50. The molecule has 1 amide bonds. The highest BCUT2D eigenvalue weighted by Crippen LogP contribution is 2.12. The Kier molecular flexibility index (Phi) is 9.39. The number of nitrogens with one attached hydrogen (secondary N) is 2. The third kappa shape index (κ3) is 7.32. The van der Waals surface area contributed by atoms with Crippen LogP contribution < -0.4 is 16.4 Å². The van der Waals surface area contributed by atoms with Crippen molar-refractivity contribution in [2.24, 2.45) is 10.7 Å². The number of carbonyl (C=O) groups is 1. The quantitative estimate of drug-likeness (QED) is 0.297. The van der Waals surface area contributed by atoms with Gasteiger partial charge in [-0.2, -0.15) is 5.10 Å². The number of carbonyl (C=O) groups excluding carboxylic acids is 1. The van der Waals surface area contributed by atoms with Crippen molar-refractivity contribution in [1.82, 2.24) is 25.3 Å². The summed E-state index contributed by atoms with van der Waals surface area (Å²) in [6.45, 7) is 5.53. The smallest absolute Gasteiger partial charge is 0.231 e. The highest BCUT2D eigenvalue weighted by atomic mass is 127. The maximum atomic E-state index is 11.1. The molecule has 0 saturated carbocycles. The van der Waals surface area contributed by atoms with Crippen LogP contribution in [-0.2, 0) is 11.3 Å². The van der Waals surface area contributed by atoms with E-state index in [1.807, 2.05) is 29.1 Å². The van der Waals surface area contributed by atoms with E-state index in [0.717, 1.165) is 49.7 Å². The molecule has 4 N–H and O–H groups in total. The van der Waals surface area contributed by atoms with Crippen LogP contribution in [0.5, 0.6) is 0 Å². The molecule has 1 aromatic carbocycles. The number of guanidine groups is 1. The number of hydrogen-bond donors (Lipinski definition) is 3. The first-order chi connectivity index (χ1) is 13.6. The monoisotopic (exact) mass is 511 g/mol. The topological polar surface area (TPSA) is 101 Å². The number of nitrogens with two attached hydrogens (primary N) is 1. The van der Waals surface area contributed by atoms with Crippen LogP contribution in [0.4, 0.5) is 0 Å². The number of rotatable bonds is 7. The second kappa shape index (κ2) is 11.8. The van der Waals surface area contributed by atoms with Crippen molar-refractivity contribution < 1.29 is 4.79 Å². The number of halogens is 1. The van der Waals surface area contributed by atoms with Gasteiger partial charge in [0.25, 0.3) is 0 Å². The van der Waals surface area contributed by atoms with Gasteiger partial charge in [-0.05, 0) is 43.5 Å². The number of primary amides is 1. The lowest BCUT2D eigenvalue weighted by atomic mass is 10.1. The second-order valence-corrected chi connectivity index (χ2v) is 6.98. The summed E-state index contributed by atoms with van der Waals surface area (Å²) in [5.74, 6) is 0.555. The Balaban J connectivity index is 0.00000300. The van der Waals surface area contributed by atoms with Gasteiger partial charge in [0.15, 0.2) is 5.96 Å². The number of hydrogen-bond acceptors (Lipinski definition) is 4. The van der Waals surface area contributed by atoms with Crippen molar-refractivity contribution in [1.29, 1.82) is 0 Å². The van der Waals surface area contributed by atoms with E-state index in [2.05, 4.69) is 39.7 Å². The van der Waals surface area contributed by atoms with Crippen LogP contribution >= 0.6 is 24.0 Å². The van der Waals surface area contributed by atoms with Crippen molar-refractivity contribution in [3.05, 3.63) is 48.3 Å². The zero-order valence-electron chi connectivity index (χ0n) is 16.8. The summed E-state index contributed by atoms with van der Waals surface area (Å²) in [6.07, 6.45) is 5.63. The normalized spacial score (nSPS) is 15.6. The molecule has 1 aromatic heterocycles. The first-order valence-electron chi connectivity index (χ1n) is 9.78. The minimum atomic E-state index is -0.265. The van der Waals surface area contributed by atoms with Crippen molar-refractivity contribution in [2.45, 2.75) is 32.4 Å². The molecule has 2 aromatic rings. The Morgan fingerprint density at radius 1 is 1.31 bits per heavy atom. The Morgan fingerprint density at radius 3 is 2.76 bits per heavy atom. The van der Waals surface area contributed by atoms with Gasteiger partial charge in [-0.3, -0.25) is 9.69 Å². The number of nitrogens with zero attached hydrogens (tertiary/aromatic N) is 4. The van der Waals surface area contributed by atoms with Crippen LogP contribution in [0.25, 0.3) is 5.69 Å². The van der Waals surface area contributed by atoms with E-state index >= 15 is 0 Å². The first kappa shape index (κ1) is 23.1. The van der Waals surface area contributed by atoms with Gasteiger partial charge < -0.3 is 16.4 Å². The van der Waals surface area contributed by atoms with Gasteiger partial charge in [0.05, 0.1) is 18.8 Å². The predicted molar refractivity (Wildman–Crippen MR) is 126 cm³/mol. The van der Waals surface area contributed by atoms with Crippen molar-refractivity contribution >= 4 is 35.8 Å². The molecule has 0 atom stereocenters. The standard InChI is InChI=1S/C20H29N7O.HI/c1-2-22-20(25-17-7-11-26(12-8-17)15-19(21)28)23-14-16-5-3-6-18(13-16)27-10-4-9-24-27;/h3-6,9-10,13,17H,2,7-8,11-12,14-15H2,1H3,(H2,21,28)(H2,22,23,25);1H. The molecule has 158 valence electrons. The number of benzene rings is 1. The van der Waals surface area contributed by atoms with Gasteiger partial charge in [-0.1, -0.05) is 12.1 Å². The molecule has 8 nitrogen and oxygen atoms in total. The van der Waals surface area contributed by atoms with Crippen LogP contribution in [-0.4, -0.2) is 58.8 Å². The van der Waals surface area contributed by atoms with Crippen LogP contribution in [0.3, 0.4) is 0 Å². The third-order valence-electron chi connectivity index (χ3n) is 4.75. The number of amides is 1. The van der Waals surface area contributed by atoms with Crippen molar-refractivity contribution in [3.63, 3.8) is 0 Å². The molecule has 1 aliphatic rings. The van der Waals surface area contributed by atoms with Crippen molar-refractivity contribution in [2.75, 3.05) is 26.2 Å². The molecule has 1 fully saturated rings. The summed E-state index contributed by atoms with van der Waals surface area (Å²) in [5.41, 5.74) is 7.44. The van der Waals surface area contributed by atoms with E-state index in [-0.39, 0.29) is 29.9 Å². The molecule has 9 heteroatoms. The fraction of sp³-hybridized carbons (Fsp3) is 0.450. The van der Waals surface area contributed by atoms with Gasteiger partial charge in [-0.15, -0.1) is 24.0 Å². The maximum Gasteiger partial charge on any atom is 0.231 e. The van der Waals surface area contributed by atoms with E-state index in [1.165, 1.54) is 0 Å². The summed E-state index contributed by atoms with van der Waals surface area (Å²) in [5, 5.41) is 11.1. The summed E-state index contributed by atoms with van der Waals surface area (Å²) in [7, 11) is 0. The Bertz CT molecular complexity index is 786. The largest absolute Gasteiger partial charge is 0.369 e. The van der Waals surface area contributed by atoms with Gasteiger partial charge in [-0.25, -0.2) is 9.67 Å². The summed E-state index contributed by atoms with van der Waals surface area (Å²) < 4.78 is 1.84.